The van der Waals surface area contributed by atoms with Crippen LogP contribution in [0.25, 0.3) is 0 Å². The van der Waals surface area contributed by atoms with E-state index in [0.29, 0.717) is 16.4 Å². The van der Waals surface area contributed by atoms with Crippen LogP contribution in [0.4, 0.5) is 11.4 Å². The average Bonchev–Trinajstić information content (AvgIpc) is 2.62. The molecule has 2 aromatic rings. The molecule has 1 fully saturated rings. The molecular formula is C17H18Cl2N4O2. The van der Waals surface area contributed by atoms with Gasteiger partial charge in [-0.3, -0.25) is 9.59 Å². The van der Waals surface area contributed by atoms with Crippen molar-refractivity contribution in [3.05, 3.63) is 50.9 Å². The highest BCUT2D eigenvalue weighted by atomic mass is 35.5. The maximum absolute atomic E-state index is 12.4. The highest BCUT2D eigenvalue weighted by molar-refractivity contribution is 6.33. The Balaban J connectivity index is 1.74. The molecule has 1 saturated heterocycles. The Labute approximate surface area is 155 Å². The van der Waals surface area contributed by atoms with E-state index in [2.05, 4.69) is 15.3 Å². The van der Waals surface area contributed by atoms with Crippen LogP contribution in [-0.4, -0.2) is 28.8 Å². The molecule has 132 valence electrons. The van der Waals surface area contributed by atoms with Crippen molar-refractivity contribution in [2.75, 3.05) is 23.3 Å². The molecule has 0 atom stereocenters. The van der Waals surface area contributed by atoms with Gasteiger partial charge in [0, 0.05) is 13.1 Å². The molecule has 1 N–H and O–H groups in total. The van der Waals surface area contributed by atoms with E-state index < -0.39 is 11.5 Å². The topological polar surface area (TPSA) is 67.2 Å². The zero-order valence-electron chi connectivity index (χ0n) is 13.5. The van der Waals surface area contributed by atoms with E-state index in [-0.39, 0.29) is 11.6 Å². The van der Waals surface area contributed by atoms with Crippen molar-refractivity contribution in [1.82, 2.24) is 9.78 Å². The van der Waals surface area contributed by atoms with Gasteiger partial charge in [-0.25, -0.2) is 4.68 Å². The van der Waals surface area contributed by atoms with Gasteiger partial charge < -0.3 is 10.2 Å². The van der Waals surface area contributed by atoms with E-state index >= 15 is 0 Å². The third-order valence-corrected chi connectivity index (χ3v) is 4.79. The summed E-state index contributed by atoms with van der Waals surface area (Å²) < 4.78 is 1.06. The van der Waals surface area contributed by atoms with Gasteiger partial charge in [-0.1, -0.05) is 35.3 Å². The van der Waals surface area contributed by atoms with Gasteiger partial charge in [0.2, 0.25) is 5.91 Å². The molecule has 2 heterocycles. The number of carbonyl (C=O) groups is 1. The minimum Gasteiger partial charge on any atom is -0.369 e. The number of halogens is 2. The summed E-state index contributed by atoms with van der Waals surface area (Å²) in [5, 5.41) is 7.29. The molecule has 3 rings (SSSR count). The number of anilines is 2. The van der Waals surface area contributed by atoms with Crippen molar-refractivity contribution < 1.29 is 4.79 Å². The molecule has 0 bridgehead atoms. The number of nitrogens with one attached hydrogen (secondary N) is 1. The Bertz CT molecular complexity index is 832. The maximum atomic E-state index is 12.4. The fourth-order valence-electron chi connectivity index (χ4n) is 2.81. The van der Waals surface area contributed by atoms with Gasteiger partial charge in [-0.2, -0.15) is 5.10 Å². The number of benzene rings is 1. The number of nitrogens with zero attached hydrogens (tertiary/aromatic N) is 3. The zero-order valence-corrected chi connectivity index (χ0v) is 15.1. The van der Waals surface area contributed by atoms with Gasteiger partial charge in [0.1, 0.15) is 11.6 Å². The van der Waals surface area contributed by atoms with Gasteiger partial charge >= 0.3 is 0 Å². The first-order valence-electron chi connectivity index (χ1n) is 8.11. The van der Waals surface area contributed by atoms with E-state index in [1.807, 2.05) is 0 Å². The molecule has 25 heavy (non-hydrogen) atoms. The molecule has 6 nitrogen and oxygen atoms in total. The summed E-state index contributed by atoms with van der Waals surface area (Å²) in [5.74, 6) is -0.399. The molecule has 0 saturated carbocycles. The first-order chi connectivity index (χ1) is 12.1. The van der Waals surface area contributed by atoms with Crippen molar-refractivity contribution in [2.45, 2.75) is 25.8 Å². The van der Waals surface area contributed by atoms with Gasteiger partial charge in [0.15, 0.2) is 0 Å². The van der Waals surface area contributed by atoms with Crippen LogP contribution >= 0.6 is 23.2 Å². The molecule has 0 unspecified atom stereocenters. The number of rotatable bonds is 4. The molecule has 0 radical (unpaired) electrons. The molecule has 8 heteroatoms. The van der Waals surface area contributed by atoms with Crippen molar-refractivity contribution in [3.8, 4) is 0 Å². The van der Waals surface area contributed by atoms with Crippen LogP contribution in [0.2, 0.25) is 10.0 Å². The summed E-state index contributed by atoms with van der Waals surface area (Å²) in [5.41, 5.74) is 0.645. The molecular weight excluding hydrogens is 363 g/mol. The van der Waals surface area contributed by atoms with Crippen LogP contribution in [-0.2, 0) is 11.3 Å². The van der Waals surface area contributed by atoms with Gasteiger partial charge in [-0.05, 0) is 31.4 Å². The summed E-state index contributed by atoms with van der Waals surface area (Å²) in [4.78, 5) is 26.6. The molecule has 1 aliphatic heterocycles. The molecule has 1 aliphatic rings. The van der Waals surface area contributed by atoms with Crippen LogP contribution in [0.3, 0.4) is 0 Å². The van der Waals surface area contributed by atoms with Gasteiger partial charge in [-0.15, -0.1) is 0 Å². The quantitative estimate of drug-likeness (QED) is 0.884. The van der Waals surface area contributed by atoms with Gasteiger partial charge in [0.05, 0.1) is 22.6 Å². The fourth-order valence-corrected chi connectivity index (χ4v) is 3.26. The summed E-state index contributed by atoms with van der Waals surface area (Å²) in [6, 6.07) is 6.88. The molecule has 0 spiro atoms. The third-order valence-electron chi connectivity index (χ3n) is 4.10. The molecule has 0 aliphatic carbocycles. The van der Waals surface area contributed by atoms with Gasteiger partial charge in [0.25, 0.3) is 5.56 Å². The number of aromatic nitrogens is 2. The Morgan fingerprint density at radius 2 is 1.88 bits per heavy atom. The Morgan fingerprint density at radius 1 is 1.16 bits per heavy atom. The largest absolute Gasteiger partial charge is 0.369 e. The van der Waals surface area contributed by atoms with Crippen molar-refractivity contribution in [2.24, 2.45) is 0 Å². The summed E-state index contributed by atoms with van der Waals surface area (Å²) in [6.07, 6.45) is 4.87. The van der Waals surface area contributed by atoms with Crippen molar-refractivity contribution in [1.29, 1.82) is 0 Å². The van der Waals surface area contributed by atoms with Crippen LogP contribution in [0.15, 0.2) is 35.3 Å². The summed E-state index contributed by atoms with van der Waals surface area (Å²) in [7, 11) is 0. The first kappa shape index (κ1) is 17.8. The fraction of sp³-hybridized carbons (Fsp3) is 0.353. The maximum Gasteiger partial charge on any atom is 0.288 e. The summed E-state index contributed by atoms with van der Waals surface area (Å²) >= 11 is 12.2. The second-order valence-electron chi connectivity index (χ2n) is 5.88. The number of piperidine rings is 1. The summed E-state index contributed by atoms with van der Waals surface area (Å²) in [6.45, 7) is 1.49. The van der Waals surface area contributed by atoms with Crippen molar-refractivity contribution >= 4 is 40.5 Å². The standard InChI is InChI=1S/C17H18Cl2N4O2/c18-12-6-2-3-7-13(12)21-15(24)11-23-17(25)16(19)14(10-20-23)22-8-4-1-5-9-22/h2-3,6-7,10H,1,4-5,8-9,11H2,(H,21,24). The van der Waals surface area contributed by atoms with Crippen LogP contribution in [0.1, 0.15) is 19.3 Å². The molecule has 1 aromatic heterocycles. The predicted octanol–water partition coefficient (Wildman–Crippen LogP) is 3.18. The lowest BCUT2D eigenvalue weighted by Gasteiger charge is -2.29. The Morgan fingerprint density at radius 3 is 2.60 bits per heavy atom. The first-order valence-corrected chi connectivity index (χ1v) is 8.87. The van der Waals surface area contributed by atoms with Crippen molar-refractivity contribution in [3.63, 3.8) is 0 Å². The predicted molar refractivity (Wildman–Crippen MR) is 99.7 cm³/mol. The SMILES string of the molecule is O=C(Cn1ncc(N2CCCCC2)c(Cl)c1=O)Nc1ccccc1Cl. The lowest BCUT2D eigenvalue weighted by atomic mass is 10.1. The average molecular weight is 381 g/mol. The monoisotopic (exact) mass is 380 g/mol. The number of carbonyl (C=O) groups excluding carboxylic acids is 1. The van der Waals surface area contributed by atoms with E-state index in [1.165, 1.54) is 6.42 Å². The number of amides is 1. The van der Waals surface area contributed by atoms with E-state index in [0.717, 1.165) is 30.6 Å². The highest BCUT2D eigenvalue weighted by Crippen LogP contribution is 2.24. The Kier molecular flexibility index (Phi) is 5.60. The Hall–Kier alpha value is -2.05. The smallest absolute Gasteiger partial charge is 0.288 e. The van der Waals surface area contributed by atoms with Crippen LogP contribution < -0.4 is 15.8 Å². The normalized spacial score (nSPS) is 14.4. The zero-order chi connectivity index (χ0) is 17.8. The lowest BCUT2D eigenvalue weighted by molar-refractivity contribution is -0.117. The van der Waals surface area contributed by atoms with E-state index in [9.17, 15) is 9.59 Å². The second-order valence-corrected chi connectivity index (χ2v) is 6.67. The molecule has 1 aromatic carbocycles. The van der Waals surface area contributed by atoms with E-state index in [1.54, 1.807) is 30.5 Å². The minimum atomic E-state index is -0.473. The van der Waals surface area contributed by atoms with E-state index in [4.69, 9.17) is 23.2 Å². The number of hydrogen-bond acceptors (Lipinski definition) is 4. The van der Waals surface area contributed by atoms with Crippen LogP contribution in [0.5, 0.6) is 0 Å². The number of para-hydroxylation sites is 1. The highest BCUT2D eigenvalue weighted by Gasteiger charge is 2.18. The number of hydrogen-bond donors (Lipinski definition) is 1. The minimum absolute atomic E-state index is 0.0995. The molecule has 1 amide bonds. The van der Waals surface area contributed by atoms with Crippen LogP contribution in [0, 0.1) is 0 Å². The lowest BCUT2D eigenvalue weighted by Crippen LogP contribution is -2.34. The third kappa shape index (κ3) is 4.14. The second kappa shape index (κ2) is 7.89.